The Labute approximate surface area is 90.6 Å². The highest BCUT2D eigenvalue weighted by Crippen LogP contribution is 2.30. The van der Waals surface area contributed by atoms with Gasteiger partial charge in [0.2, 0.25) is 0 Å². The van der Waals surface area contributed by atoms with E-state index in [0.717, 1.165) is 28.7 Å². The number of rotatable bonds is 3. The third-order valence-electron chi connectivity index (χ3n) is 2.27. The predicted molar refractivity (Wildman–Crippen MR) is 57.2 cm³/mol. The van der Waals surface area contributed by atoms with Crippen molar-refractivity contribution in [3.8, 4) is 0 Å². The minimum atomic E-state index is 0.332. The molecule has 0 aromatic heterocycles. The summed E-state index contributed by atoms with van der Waals surface area (Å²) in [4.78, 5) is 10.1. The number of carbonyl (C=O) groups is 1. The Kier molecular flexibility index (Phi) is 2.72. The lowest BCUT2D eigenvalue weighted by Crippen LogP contribution is -1.98. The van der Waals surface area contributed by atoms with Crippen LogP contribution in [0.2, 0.25) is 0 Å². The van der Waals surface area contributed by atoms with Crippen molar-refractivity contribution in [3.05, 3.63) is 27.7 Å². The number of anilines is 1. The lowest BCUT2D eigenvalue weighted by molar-refractivity contribution is -0.129. The van der Waals surface area contributed by atoms with E-state index in [4.69, 9.17) is 4.74 Å². The largest absolute Gasteiger partial charge is 0.463 e. The van der Waals surface area contributed by atoms with Crippen LogP contribution in [-0.4, -0.2) is 13.0 Å². The summed E-state index contributed by atoms with van der Waals surface area (Å²) in [6.45, 7) is 1.76. The molecule has 0 amide bonds. The van der Waals surface area contributed by atoms with Gasteiger partial charge in [0, 0.05) is 22.3 Å². The Balaban J connectivity index is 2.33. The summed E-state index contributed by atoms with van der Waals surface area (Å²) < 4.78 is 5.79. The van der Waals surface area contributed by atoms with Gasteiger partial charge in [-0.2, -0.15) is 0 Å². The van der Waals surface area contributed by atoms with Crippen LogP contribution in [0.3, 0.4) is 0 Å². The van der Waals surface area contributed by atoms with Gasteiger partial charge in [0.15, 0.2) is 0 Å². The maximum Gasteiger partial charge on any atom is 0.293 e. The molecule has 14 heavy (non-hydrogen) atoms. The lowest BCUT2D eigenvalue weighted by atomic mass is 10.1. The normalized spacial score (nSPS) is 13.2. The van der Waals surface area contributed by atoms with Gasteiger partial charge < -0.3 is 10.1 Å². The van der Waals surface area contributed by atoms with Crippen LogP contribution < -0.4 is 5.32 Å². The van der Waals surface area contributed by atoms with E-state index in [1.54, 1.807) is 0 Å². The Hall–Kier alpha value is -1.03. The number of nitrogens with one attached hydrogen (secondary N) is 1. The molecule has 0 bridgehead atoms. The molecular formula is C10H10BrNO2. The Morgan fingerprint density at radius 3 is 3.21 bits per heavy atom. The zero-order valence-electron chi connectivity index (χ0n) is 7.55. The first-order valence-electron chi connectivity index (χ1n) is 4.41. The van der Waals surface area contributed by atoms with Crippen molar-refractivity contribution in [1.82, 2.24) is 0 Å². The molecule has 0 radical (unpaired) electrons. The van der Waals surface area contributed by atoms with Crippen molar-refractivity contribution in [2.24, 2.45) is 0 Å². The summed E-state index contributed by atoms with van der Waals surface area (Å²) in [5.41, 5.74) is 3.43. The Morgan fingerprint density at radius 1 is 1.57 bits per heavy atom. The monoisotopic (exact) mass is 255 g/mol. The van der Waals surface area contributed by atoms with Gasteiger partial charge in [-0.15, -0.1) is 0 Å². The number of halogens is 1. The Bertz CT molecular complexity index is 365. The first-order chi connectivity index (χ1) is 6.81. The average Bonchev–Trinajstić information content (AvgIpc) is 2.61. The van der Waals surface area contributed by atoms with E-state index in [-0.39, 0.29) is 0 Å². The number of ether oxygens (including phenoxy) is 1. The topological polar surface area (TPSA) is 38.3 Å². The van der Waals surface area contributed by atoms with Crippen molar-refractivity contribution in [2.75, 3.05) is 11.9 Å². The third-order valence-corrected chi connectivity index (χ3v) is 2.73. The molecule has 4 heteroatoms. The van der Waals surface area contributed by atoms with Gasteiger partial charge in [0.1, 0.15) is 6.61 Å². The Morgan fingerprint density at radius 2 is 2.43 bits per heavy atom. The zero-order chi connectivity index (χ0) is 9.97. The van der Waals surface area contributed by atoms with Gasteiger partial charge in [0.05, 0.1) is 0 Å². The second kappa shape index (κ2) is 4.00. The molecule has 1 N–H and O–H groups in total. The smallest absolute Gasteiger partial charge is 0.293 e. The first-order valence-corrected chi connectivity index (χ1v) is 5.21. The van der Waals surface area contributed by atoms with E-state index in [1.165, 1.54) is 5.56 Å². The maximum atomic E-state index is 10.1. The quantitative estimate of drug-likeness (QED) is 0.841. The summed E-state index contributed by atoms with van der Waals surface area (Å²) >= 11 is 3.44. The van der Waals surface area contributed by atoms with Crippen LogP contribution in [0.15, 0.2) is 16.6 Å². The molecule has 0 unspecified atom stereocenters. The molecule has 1 heterocycles. The van der Waals surface area contributed by atoms with Crippen molar-refractivity contribution < 1.29 is 9.53 Å². The van der Waals surface area contributed by atoms with Crippen LogP contribution in [-0.2, 0) is 22.6 Å². The minimum absolute atomic E-state index is 0.332. The van der Waals surface area contributed by atoms with Crippen molar-refractivity contribution >= 4 is 28.1 Å². The van der Waals surface area contributed by atoms with Crippen molar-refractivity contribution in [3.63, 3.8) is 0 Å². The van der Waals surface area contributed by atoms with Gasteiger partial charge in [-0.25, -0.2) is 0 Å². The molecule has 2 rings (SSSR count). The van der Waals surface area contributed by atoms with Gasteiger partial charge in [-0.05, 0) is 24.1 Å². The molecule has 1 aromatic carbocycles. The molecule has 74 valence electrons. The first kappa shape index (κ1) is 9.52. The van der Waals surface area contributed by atoms with E-state index in [1.807, 2.05) is 6.07 Å². The fraction of sp³-hybridized carbons (Fsp3) is 0.300. The molecule has 0 fully saturated rings. The lowest BCUT2D eigenvalue weighted by Gasteiger charge is -2.08. The minimum Gasteiger partial charge on any atom is -0.463 e. The highest BCUT2D eigenvalue weighted by Gasteiger charge is 2.15. The highest BCUT2D eigenvalue weighted by atomic mass is 79.9. The van der Waals surface area contributed by atoms with Gasteiger partial charge in [-0.1, -0.05) is 15.9 Å². The summed E-state index contributed by atoms with van der Waals surface area (Å²) in [6.07, 6.45) is 1.03. The second-order valence-electron chi connectivity index (χ2n) is 3.18. The SMILES string of the molecule is O=COCc1cc(Br)cc2c1NCC2. The summed E-state index contributed by atoms with van der Waals surface area (Å²) in [6, 6.07) is 4.07. The van der Waals surface area contributed by atoms with Gasteiger partial charge in [0.25, 0.3) is 6.47 Å². The molecule has 1 aromatic rings. The molecule has 0 atom stereocenters. The van der Waals surface area contributed by atoms with Crippen molar-refractivity contribution in [2.45, 2.75) is 13.0 Å². The van der Waals surface area contributed by atoms with E-state index in [2.05, 4.69) is 27.3 Å². The molecule has 1 aliphatic heterocycles. The van der Waals surface area contributed by atoms with Crippen LogP contribution in [0.5, 0.6) is 0 Å². The molecule has 1 aliphatic rings. The third kappa shape index (κ3) is 1.75. The molecule has 0 aliphatic carbocycles. The standard InChI is InChI=1S/C10H10BrNO2/c11-9-3-7-1-2-12-10(7)8(4-9)5-14-6-13/h3-4,6,12H,1-2,5H2. The second-order valence-corrected chi connectivity index (χ2v) is 4.10. The molecular weight excluding hydrogens is 246 g/mol. The van der Waals surface area contributed by atoms with Gasteiger partial charge in [-0.3, -0.25) is 4.79 Å². The predicted octanol–water partition coefficient (Wildman–Crippen LogP) is 2.09. The van der Waals surface area contributed by atoms with Crippen LogP contribution in [0.25, 0.3) is 0 Å². The fourth-order valence-electron chi connectivity index (χ4n) is 1.71. The maximum absolute atomic E-state index is 10.1. The van der Waals surface area contributed by atoms with Gasteiger partial charge >= 0.3 is 0 Å². The van der Waals surface area contributed by atoms with Crippen molar-refractivity contribution in [1.29, 1.82) is 0 Å². The molecule has 3 nitrogen and oxygen atoms in total. The zero-order valence-corrected chi connectivity index (χ0v) is 9.13. The summed E-state index contributed by atoms with van der Waals surface area (Å²) in [5.74, 6) is 0. The number of fused-ring (bicyclic) bond motifs is 1. The van der Waals surface area contributed by atoms with Crippen LogP contribution >= 0.6 is 15.9 Å². The van der Waals surface area contributed by atoms with E-state index in [0.29, 0.717) is 13.1 Å². The summed E-state index contributed by atoms with van der Waals surface area (Å²) in [5, 5.41) is 3.29. The molecule has 0 saturated carbocycles. The average molecular weight is 256 g/mol. The fourth-order valence-corrected chi connectivity index (χ4v) is 2.26. The summed E-state index contributed by atoms with van der Waals surface area (Å²) in [7, 11) is 0. The number of hydrogen-bond donors (Lipinski definition) is 1. The number of carbonyl (C=O) groups excluding carboxylic acids is 1. The molecule has 0 saturated heterocycles. The molecule has 0 spiro atoms. The van der Waals surface area contributed by atoms with E-state index < -0.39 is 0 Å². The van der Waals surface area contributed by atoms with E-state index in [9.17, 15) is 4.79 Å². The van der Waals surface area contributed by atoms with Crippen LogP contribution in [0.4, 0.5) is 5.69 Å². The van der Waals surface area contributed by atoms with E-state index >= 15 is 0 Å². The number of benzene rings is 1. The number of hydrogen-bond acceptors (Lipinski definition) is 3. The highest BCUT2D eigenvalue weighted by molar-refractivity contribution is 9.10. The van der Waals surface area contributed by atoms with Crippen LogP contribution in [0, 0.1) is 0 Å². The van der Waals surface area contributed by atoms with Crippen LogP contribution in [0.1, 0.15) is 11.1 Å².